The highest BCUT2D eigenvalue weighted by atomic mass is 16.3. The molecule has 0 aromatic heterocycles. The Bertz CT molecular complexity index is 354. The number of carbonyl (C=O) groups excluding carboxylic acids is 1. The van der Waals surface area contributed by atoms with Gasteiger partial charge in [-0.15, -0.1) is 0 Å². The third-order valence-corrected chi connectivity index (χ3v) is 3.34. The van der Waals surface area contributed by atoms with E-state index in [1.54, 1.807) is 35.4 Å². The average Bonchev–Trinajstić information content (AvgIpc) is 2.43. The fraction of sp³-hybridized carbons (Fsp3) is 0.471. The molecule has 2 nitrogen and oxygen atoms in total. The van der Waals surface area contributed by atoms with E-state index in [0.29, 0.717) is 5.75 Å². The smallest absolute Gasteiger partial charge is 0.115 e. The van der Waals surface area contributed by atoms with Crippen LogP contribution in [0, 0.1) is 5.92 Å². The molecule has 1 aliphatic carbocycles. The summed E-state index contributed by atoms with van der Waals surface area (Å²) in [5.41, 5.74) is 3.28. The van der Waals surface area contributed by atoms with Crippen molar-refractivity contribution in [1.82, 2.24) is 0 Å². The molecule has 0 atom stereocenters. The lowest BCUT2D eigenvalue weighted by molar-refractivity contribution is -0.0979. The van der Waals surface area contributed by atoms with Gasteiger partial charge in [0, 0.05) is 0 Å². The Morgan fingerprint density at radius 2 is 1.58 bits per heavy atom. The van der Waals surface area contributed by atoms with Crippen molar-refractivity contribution in [3.63, 3.8) is 0 Å². The van der Waals surface area contributed by atoms with E-state index < -0.39 is 0 Å². The van der Waals surface area contributed by atoms with Crippen LogP contribution in [0.1, 0.15) is 46.5 Å². The highest BCUT2D eigenvalue weighted by molar-refractivity contribution is 5.18. The summed E-state index contributed by atoms with van der Waals surface area (Å²) >= 11 is 0. The second-order valence-corrected chi connectivity index (χ2v) is 5.12. The van der Waals surface area contributed by atoms with Gasteiger partial charge in [0.1, 0.15) is 12.5 Å². The number of carbonyl (C=O) groups is 1. The van der Waals surface area contributed by atoms with E-state index in [-0.39, 0.29) is 0 Å². The monoisotopic (exact) mass is 262 g/mol. The normalized spacial score (nSPS) is 17.4. The quantitative estimate of drug-likeness (QED) is 0.686. The van der Waals surface area contributed by atoms with Gasteiger partial charge < -0.3 is 9.90 Å². The van der Waals surface area contributed by atoms with Crippen LogP contribution in [0.4, 0.5) is 0 Å². The second-order valence-electron chi connectivity index (χ2n) is 5.12. The maximum Gasteiger partial charge on any atom is 0.115 e. The number of benzene rings is 1. The van der Waals surface area contributed by atoms with Gasteiger partial charge in [-0.1, -0.05) is 36.3 Å². The van der Waals surface area contributed by atoms with Gasteiger partial charge in [-0.05, 0) is 57.6 Å². The van der Waals surface area contributed by atoms with Crippen LogP contribution >= 0.6 is 0 Å². The molecule has 1 N–H and O–H groups in total. The molecule has 0 aliphatic heterocycles. The van der Waals surface area contributed by atoms with E-state index in [9.17, 15) is 0 Å². The molecular weight excluding hydrogens is 236 g/mol. The van der Waals surface area contributed by atoms with Crippen LogP contribution in [-0.2, 0) is 4.79 Å². The number of hydrogen-bond donors (Lipinski definition) is 1. The van der Waals surface area contributed by atoms with Crippen molar-refractivity contribution < 1.29 is 9.90 Å². The molecule has 1 fully saturated rings. The van der Waals surface area contributed by atoms with Crippen molar-refractivity contribution in [3.05, 3.63) is 41.5 Å². The Kier molecular flexibility index (Phi) is 9.51. The number of phenols is 1. The molecule has 0 radical (unpaired) electrons. The summed E-state index contributed by atoms with van der Waals surface area (Å²) in [4.78, 5) is 8.00. The average molecular weight is 262 g/mol. The molecule has 1 saturated carbocycles. The molecule has 0 heterocycles. The molecule has 0 amide bonds. The maximum atomic E-state index is 8.63. The van der Waals surface area contributed by atoms with Crippen molar-refractivity contribution in [2.45, 2.75) is 46.5 Å². The summed E-state index contributed by atoms with van der Waals surface area (Å²) in [6, 6.07) is 8.71. The molecule has 1 aliphatic rings. The van der Waals surface area contributed by atoms with Crippen LogP contribution in [0.2, 0.25) is 0 Å². The van der Waals surface area contributed by atoms with Gasteiger partial charge in [0.25, 0.3) is 0 Å². The molecule has 0 saturated heterocycles. The van der Waals surface area contributed by atoms with Crippen LogP contribution in [0.15, 0.2) is 41.5 Å². The zero-order valence-electron chi connectivity index (χ0n) is 12.4. The third-order valence-electron chi connectivity index (χ3n) is 3.34. The Morgan fingerprint density at radius 1 is 1.11 bits per heavy atom. The molecule has 19 heavy (non-hydrogen) atoms. The first-order chi connectivity index (χ1) is 9.09. The molecule has 0 spiro atoms. The lowest BCUT2D eigenvalue weighted by Crippen LogP contribution is -2.04. The second kappa shape index (κ2) is 10.4. The van der Waals surface area contributed by atoms with Crippen molar-refractivity contribution in [3.8, 4) is 5.75 Å². The van der Waals surface area contributed by atoms with E-state index in [0.717, 1.165) is 5.92 Å². The van der Waals surface area contributed by atoms with Gasteiger partial charge in [-0.3, -0.25) is 0 Å². The van der Waals surface area contributed by atoms with E-state index in [1.165, 1.54) is 25.7 Å². The molecule has 0 bridgehead atoms. The van der Waals surface area contributed by atoms with Crippen LogP contribution in [-0.4, -0.2) is 11.9 Å². The molecule has 2 rings (SSSR count). The Labute approximate surface area is 117 Å². The van der Waals surface area contributed by atoms with Gasteiger partial charge in [0.15, 0.2) is 0 Å². The molecule has 1 aromatic rings. The van der Waals surface area contributed by atoms with Crippen LogP contribution < -0.4 is 0 Å². The maximum absolute atomic E-state index is 8.63. The topological polar surface area (TPSA) is 37.3 Å². The zero-order valence-corrected chi connectivity index (χ0v) is 12.4. The van der Waals surface area contributed by atoms with Crippen LogP contribution in [0.5, 0.6) is 5.75 Å². The first kappa shape index (κ1) is 17.4. The first-order valence-corrected chi connectivity index (χ1v) is 6.77. The molecular formula is C17H26O2. The van der Waals surface area contributed by atoms with Crippen molar-refractivity contribution in [1.29, 1.82) is 0 Å². The minimum absolute atomic E-state index is 0.322. The highest BCUT2D eigenvalue weighted by Gasteiger charge is 2.12. The summed E-state index contributed by atoms with van der Waals surface area (Å²) in [5, 5.41) is 8.63. The number of allylic oxidation sites excluding steroid dienone is 2. The standard InChI is InChI=1S/C10H18.C6H6O.CH2O/c1-8(2)10-6-4-9(3)5-7-10;7-6-4-2-1-3-5-6;1-2/h9H,4-7H2,1-3H3;1-5,7H;1H2. The molecule has 1 aromatic carbocycles. The summed E-state index contributed by atoms with van der Waals surface area (Å²) in [7, 11) is 0. The first-order valence-electron chi connectivity index (χ1n) is 6.77. The van der Waals surface area contributed by atoms with Gasteiger partial charge >= 0.3 is 0 Å². The zero-order chi connectivity index (χ0) is 14.7. The van der Waals surface area contributed by atoms with E-state index in [1.807, 2.05) is 12.9 Å². The van der Waals surface area contributed by atoms with Gasteiger partial charge in [0.2, 0.25) is 0 Å². The predicted octanol–water partition coefficient (Wildman–Crippen LogP) is 4.74. The fourth-order valence-electron chi connectivity index (χ4n) is 2.04. The van der Waals surface area contributed by atoms with Gasteiger partial charge in [-0.2, -0.15) is 0 Å². The lowest BCUT2D eigenvalue weighted by atomic mass is 9.85. The molecule has 0 unspecified atom stereocenters. The molecule has 2 heteroatoms. The Hall–Kier alpha value is -1.57. The summed E-state index contributed by atoms with van der Waals surface area (Å²) < 4.78 is 0. The van der Waals surface area contributed by atoms with Crippen molar-refractivity contribution in [2.75, 3.05) is 0 Å². The summed E-state index contributed by atoms with van der Waals surface area (Å²) in [6.45, 7) is 8.85. The number of rotatable bonds is 0. The van der Waals surface area contributed by atoms with Crippen LogP contribution in [0.25, 0.3) is 0 Å². The summed E-state index contributed by atoms with van der Waals surface area (Å²) in [5.74, 6) is 1.30. The predicted molar refractivity (Wildman–Crippen MR) is 81.2 cm³/mol. The minimum atomic E-state index is 0.322. The third kappa shape index (κ3) is 8.20. The van der Waals surface area contributed by atoms with Crippen LogP contribution in [0.3, 0.4) is 0 Å². The lowest BCUT2D eigenvalue weighted by Gasteiger charge is -2.21. The Balaban J connectivity index is 0.000000316. The molecule has 106 valence electrons. The van der Waals surface area contributed by atoms with Crippen molar-refractivity contribution >= 4 is 6.79 Å². The van der Waals surface area contributed by atoms with E-state index in [4.69, 9.17) is 9.90 Å². The van der Waals surface area contributed by atoms with Gasteiger partial charge in [0.05, 0.1) is 0 Å². The van der Waals surface area contributed by atoms with Crippen molar-refractivity contribution in [2.24, 2.45) is 5.92 Å². The van der Waals surface area contributed by atoms with Gasteiger partial charge in [-0.25, -0.2) is 0 Å². The fourth-order valence-corrected chi connectivity index (χ4v) is 2.04. The number of aromatic hydroxyl groups is 1. The van der Waals surface area contributed by atoms with E-state index >= 15 is 0 Å². The largest absolute Gasteiger partial charge is 0.508 e. The minimum Gasteiger partial charge on any atom is -0.508 e. The number of para-hydroxylation sites is 1. The Morgan fingerprint density at radius 3 is 1.89 bits per heavy atom. The SMILES string of the molecule is C=O.CC(C)=C1CCC(C)CC1.Oc1ccccc1. The number of hydrogen-bond acceptors (Lipinski definition) is 2. The number of phenolic OH excluding ortho intramolecular Hbond substituents is 1. The summed E-state index contributed by atoms with van der Waals surface area (Å²) in [6.07, 6.45) is 5.56. The van der Waals surface area contributed by atoms with E-state index in [2.05, 4.69) is 20.8 Å². The highest BCUT2D eigenvalue weighted by Crippen LogP contribution is 2.29.